The van der Waals surface area contributed by atoms with Gasteiger partial charge >= 0.3 is 0 Å². The van der Waals surface area contributed by atoms with Gasteiger partial charge in [0, 0.05) is 30.5 Å². The first-order valence-corrected chi connectivity index (χ1v) is 9.39. The van der Waals surface area contributed by atoms with E-state index in [4.69, 9.17) is 0 Å². The van der Waals surface area contributed by atoms with Crippen LogP contribution in [0, 0.1) is 0 Å². The summed E-state index contributed by atoms with van der Waals surface area (Å²) in [4.78, 5) is 40.4. The third-order valence-corrected chi connectivity index (χ3v) is 4.89. The fourth-order valence-corrected chi connectivity index (χ4v) is 3.41. The van der Waals surface area contributed by atoms with E-state index in [1.54, 1.807) is 29.2 Å². The lowest BCUT2D eigenvalue weighted by Gasteiger charge is -2.22. The number of hydrogen-bond donors (Lipinski definition) is 0. The van der Waals surface area contributed by atoms with Crippen LogP contribution in [0.4, 0.5) is 0 Å². The third-order valence-electron chi connectivity index (χ3n) is 4.40. The molecule has 0 saturated heterocycles. The van der Waals surface area contributed by atoms with Crippen molar-refractivity contribution in [1.29, 1.82) is 0 Å². The molecule has 0 bridgehead atoms. The van der Waals surface area contributed by atoms with E-state index in [0.717, 1.165) is 14.9 Å². The summed E-state index contributed by atoms with van der Waals surface area (Å²) < 4.78 is 0.736. The number of carbonyl (C=O) groups excluding carboxylic acids is 3. The molecule has 5 nitrogen and oxygen atoms in total. The standard InChI is InChI=1S/C21H19BrN2O3/c1-2-11-23(14-15-6-4-3-5-7-15)19(25)10-12-24-20(26)17-9-8-16(22)13-18(17)21(24)27/h2-9,13H,1,10-12,14H2. The molecular formula is C21H19BrN2O3. The highest BCUT2D eigenvalue weighted by Crippen LogP contribution is 2.26. The van der Waals surface area contributed by atoms with E-state index >= 15 is 0 Å². The zero-order valence-corrected chi connectivity index (χ0v) is 16.3. The summed E-state index contributed by atoms with van der Waals surface area (Å²) in [7, 11) is 0. The number of amides is 3. The second kappa shape index (κ2) is 8.31. The van der Waals surface area contributed by atoms with E-state index in [1.165, 1.54) is 0 Å². The predicted molar refractivity (Wildman–Crippen MR) is 106 cm³/mol. The SMILES string of the molecule is C=CCN(Cc1ccccc1)C(=O)CCN1C(=O)c2ccc(Br)cc2C1=O. The molecular weight excluding hydrogens is 408 g/mol. The van der Waals surface area contributed by atoms with Gasteiger partial charge in [-0.15, -0.1) is 6.58 Å². The van der Waals surface area contributed by atoms with Crippen molar-refractivity contribution in [2.45, 2.75) is 13.0 Å². The molecule has 0 unspecified atom stereocenters. The van der Waals surface area contributed by atoms with Crippen molar-refractivity contribution < 1.29 is 14.4 Å². The predicted octanol–water partition coefficient (Wildman–Crippen LogP) is 3.65. The van der Waals surface area contributed by atoms with Crippen LogP contribution in [0.25, 0.3) is 0 Å². The topological polar surface area (TPSA) is 57.7 Å². The maximum absolute atomic E-state index is 12.7. The first-order chi connectivity index (χ1) is 13.0. The van der Waals surface area contributed by atoms with E-state index in [2.05, 4.69) is 22.5 Å². The molecule has 0 aromatic heterocycles. The summed E-state index contributed by atoms with van der Waals surface area (Å²) in [5.41, 5.74) is 1.76. The molecule has 0 spiro atoms. The number of carbonyl (C=O) groups is 3. The van der Waals surface area contributed by atoms with Gasteiger partial charge in [-0.2, -0.15) is 0 Å². The summed E-state index contributed by atoms with van der Waals surface area (Å²) in [5.74, 6) is -0.840. The van der Waals surface area contributed by atoms with Crippen LogP contribution >= 0.6 is 15.9 Å². The van der Waals surface area contributed by atoms with Crippen molar-refractivity contribution >= 4 is 33.7 Å². The highest BCUT2D eigenvalue weighted by atomic mass is 79.9. The lowest BCUT2D eigenvalue weighted by molar-refractivity contribution is -0.131. The number of imide groups is 1. The summed E-state index contributed by atoms with van der Waals surface area (Å²) in [6.45, 7) is 4.63. The summed E-state index contributed by atoms with van der Waals surface area (Å²) in [6, 6.07) is 14.6. The van der Waals surface area contributed by atoms with Crippen LogP contribution in [0.15, 0.2) is 65.7 Å². The largest absolute Gasteiger partial charge is 0.335 e. The van der Waals surface area contributed by atoms with E-state index < -0.39 is 0 Å². The Labute approximate surface area is 166 Å². The number of nitrogens with zero attached hydrogens (tertiary/aromatic N) is 2. The minimum Gasteiger partial charge on any atom is -0.335 e. The van der Waals surface area contributed by atoms with Gasteiger partial charge < -0.3 is 4.90 Å². The molecule has 1 aliphatic heterocycles. The van der Waals surface area contributed by atoms with Crippen LogP contribution in [-0.2, 0) is 11.3 Å². The fraction of sp³-hybridized carbons (Fsp3) is 0.190. The first kappa shape index (κ1) is 19.0. The van der Waals surface area contributed by atoms with Crippen molar-refractivity contribution in [2.24, 2.45) is 0 Å². The second-order valence-corrected chi connectivity index (χ2v) is 7.17. The van der Waals surface area contributed by atoms with Crippen molar-refractivity contribution in [1.82, 2.24) is 9.80 Å². The molecule has 138 valence electrons. The van der Waals surface area contributed by atoms with Gasteiger partial charge in [0.2, 0.25) is 5.91 Å². The lowest BCUT2D eigenvalue weighted by Crippen LogP contribution is -2.36. The molecule has 0 aliphatic carbocycles. The maximum atomic E-state index is 12.7. The van der Waals surface area contributed by atoms with Crippen molar-refractivity contribution in [3.63, 3.8) is 0 Å². The van der Waals surface area contributed by atoms with Gasteiger partial charge in [0.15, 0.2) is 0 Å². The van der Waals surface area contributed by atoms with E-state index in [0.29, 0.717) is 24.2 Å². The number of fused-ring (bicyclic) bond motifs is 1. The zero-order valence-electron chi connectivity index (χ0n) is 14.7. The van der Waals surface area contributed by atoms with Gasteiger partial charge in [-0.1, -0.05) is 52.3 Å². The number of hydrogen-bond acceptors (Lipinski definition) is 3. The van der Waals surface area contributed by atoms with Gasteiger partial charge in [0.1, 0.15) is 0 Å². The Morgan fingerprint density at radius 2 is 1.78 bits per heavy atom. The van der Waals surface area contributed by atoms with Crippen LogP contribution < -0.4 is 0 Å². The van der Waals surface area contributed by atoms with E-state index in [-0.39, 0.29) is 30.7 Å². The lowest BCUT2D eigenvalue weighted by atomic mass is 10.1. The Kier molecular flexibility index (Phi) is 5.86. The molecule has 0 N–H and O–H groups in total. The van der Waals surface area contributed by atoms with Crippen LogP contribution in [-0.4, -0.2) is 40.6 Å². The van der Waals surface area contributed by atoms with Gasteiger partial charge in [0.25, 0.3) is 11.8 Å². The van der Waals surface area contributed by atoms with Gasteiger partial charge in [-0.25, -0.2) is 0 Å². The molecule has 0 radical (unpaired) electrons. The molecule has 2 aromatic rings. The number of rotatable bonds is 7. The summed E-state index contributed by atoms with van der Waals surface area (Å²) in [5, 5.41) is 0. The van der Waals surface area contributed by atoms with Crippen molar-refractivity contribution in [3.05, 3.63) is 82.3 Å². The minimum absolute atomic E-state index is 0.0607. The van der Waals surface area contributed by atoms with Crippen LogP contribution in [0.2, 0.25) is 0 Å². The molecule has 27 heavy (non-hydrogen) atoms. The highest BCUT2D eigenvalue weighted by Gasteiger charge is 2.35. The molecule has 0 atom stereocenters. The average Bonchev–Trinajstić information content (AvgIpc) is 2.90. The Hall–Kier alpha value is -2.73. The molecule has 3 amide bonds. The molecule has 0 saturated carbocycles. The highest BCUT2D eigenvalue weighted by molar-refractivity contribution is 9.10. The monoisotopic (exact) mass is 426 g/mol. The van der Waals surface area contributed by atoms with E-state index in [1.807, 2.05) is 30.3 Å². The maximum Gasteiger partial charge on any atom is 0.261 e. The minimum atomic E-state index is -0.359. The fourth-order valence-electron chi connectivity index (χ4n) is 3.05. The van der Waals surface area contributed by atoms with Crippen LogP contribution in [0.3, 0.4) is 0 Å². The molecule has 0 fully saturated rings. The normalized spacial score (nSPS) is 12.9. The smallest absolute Gasteiger partial charge is 0.261 e. The van der Waals surface area contributed by atoms with Crippen LogP contribution in [0.1, 0.15) is 32.7 Å². The van der Waals surface area contributed by atoms with Gasteiger partial charge in [0.05, 0.1) is 11.1 Å². The number of benzene rings is 2. The van der Waals surface area contributed by atoms with Gasteiger partial charge in [-0.05, 0) is 23.8 Å². The average molecular weight is 427 g/mol. The molecule has 2 aromatic carbocycles. The molecule has 1 heterocycles. The zero-order chi connectivity index (χ0) is 19.4. The van der Waals surface area contributed by atoms with Crippen molar-refractivity contribution in [2.75, 3.05) is 13.1 Å². The Morgan fingerprint density at radius 1 is 1.07 bits per heavy atom. The van der Waals surface area contributed by atoms with E-state index in [9.17, 15) is 14.4 Å². The molecule has 6 heteroatoms. The molecule has 3 rings (SSSR count). The summed E-state index contributed by atoms with van der Waals surface area (Å²) in [6.07, 6.45) is 1.74. The Morgan fingerprint density at radius 3 is 2.48 bits per heavy atom. The Bertz CT molecular complexity index is 896. The summed E-state index contributed by atoms with van der Waals surface area (Å²) >= 11 is 3.31. The quantitative estimate of drug-likeness (QED) is 0.501. The second-order valence-electron chi connectivity index (χ2n) is 6.25. The molecule has 1 aliphatic rings. The van der Waals surface area contributed by atoms with Crippen molar-refractivity contribution in [3.8, 4) is 0 Å². The van der Waals surface area contributed by atoms with Gasteiger partial charge in [-0.3, -0.25) is 19.3 Å². The third kappa shape index (κ3) is 4.17. The Balaban J connectivity index is 1.66. The first-order valence-electron chi connectivity index (χ1n) is 8.59. The number of halogens is 1. The van der Waals surface area contributed by atoms with Crippen LogP contribution in [0.5, 0.6) is 0 Å².